The van der Waals surface area contributed by atoms with E-state index < -0.39 is 0 Å². The van der Waals surface area contributed by atoms with Gasteiger partial charge in [0.1, 0.15) is 0 Å². The molecule has 1 rings (SSSR count). The molecule has 11 heavy (non-hydrogen) atoms. The van der Waals surface area contributed by atoms with Crippen LogP contribution in [0.15, 0.2) is 0 Å². The fourth-order valence-electron chi connectivity index (χ4n) is 1.45. The van der Waals surface area contributed by atoms with Gasteiger partial charge in [-0.3, -0.25) is 0 Å². The Morgan fingerprint density at radius 2 is 2.36 bits per heavy atom. The van der Waals surface area contributed by atoms with Crippen LogP contribution in [0.5, 0.6) is 0 Å². The first-order chi connectivity index (χ1) is 5.25. The lowest BCUT2D eigenvalue weighted by Gasteiger charge is -2.15. The maximum absolute atomic E-state index is 5.47. The summed E-state index contributed by atoms with van der Waals surface area (Å²) in [5, 5.41) is 0. The average Bonchev–Trinajstić information content (AvgIpc) is 2.29. The molecule has 0 radical (unpaired) electrons. The van der Waals surface area contributed by atoms with Crippen LogP contribution in [-0.2, 0) is 9.47 Å². The van der Waals surface area contributed by atoms with Crippen LogP contribution in [-0.4, -0.2) is 31.3 Å². The van der Waals surface area contributed by atoms with E-state index in [4.69, 9.17) is 9.47 Å². The van der Waals surface area contributed by atoms with Crippen molar-refractivity contribution in [3.8, 4) is 0 Å². The Morgan fingerprint density at radius 3 is 2.82 bits per heavy atom. The Bertz CT molecular complexity index is 109. The summed E-state index contributed by atoms with van der Waals surface area (Å²) in [6, 6.07) is 0. The Balaban J connectivity index is 2.29. The van der Waals surface area contributed by atoms with Gasteiger partial charge in [0, 0.05) is 24.5 Å². The van der Waals surface area contributed by atoms with E-state index in [9.17, 15) is 0 Å². The first kappa shape index (κ1) is 9.49. The van der Waals surface area contributed by atoms with Gasteiger partial charge in [-0.25, -0.2) is 0 Å². The summed E-state index contributed by atoms with van der Waals surface area (Å²) in [6.45, 7) is 3.80. The molecule has 1 saturated heterocycles. The minimum atomic E-state index is 0.384. The summed E-state index contributed by atoms with van der Waals surface area (Å²) in [5.74, 6) is 0.620. The molecule has 3 atom stereocenters. The van der Waals surface area contributed by atoms with Crippen LogP contribution in [0.3, 0.4) is 0 Å². The van der Waals surface area contributed by atoms with Gasteiger partial charge in [0.05, 0.1) is 12.7 Å². The van der Waals surface area contributed by atoms with Gasteiger partial charge in [-0.05, 0) is 13.3 Å². The molecule has 0 spiro atoms. The molecule has 0 N–H and O–H groups in total. The highest BCUT2D eigenvalue weighted by Gasteiger charge is 2.31. The smallest absolute Gasteiger partial charge is 0.0598 e. The molecule has 0 aromatic carbocycles. The molecule has 0 bridgehead atoms. The second-order valence-corrected chi connectivity index (χ2v) is 4.18. The van der Waals surface area contributed by atoms with Gasteiger partial charge in [0.15, 0.2) is 0 Å². The maximum atomic E-state index is 5.47. The SMILES string of the molecule is COCCC1C(Br)COC1C. The molecule has 1 aliphatic rings. The number of hydrogen-bond acceptors (Lipinski definition) is 2. The molecular weight excluding hydrogens is 208 g/mol. The molecule has 0 aliphatic carbocycles. The predicted molar refractivity (Wildman–Crippen MR) is 48.1 cm³/mol. The van der Waals surface area contributed by atoms with Crippen molar-refractivity contribution in [2.75, 3.05) is 20.3 Å². The molecular formula is C8H15BrO2. The van der Waals surface area contributed by atoms with Gasteiger partial charge in [-0.2, -0.15) is 0 Å². The minimum Gasteiger partial charge on any atom is -0.385 e. The fraction of sp³-hybridized carbons (Fsp3) is 1.00. The van der Waals surface area contributed by atoms with Gasteiger partial charge in [0.2, 0.25) is 0 Å². The molecule has 0 aromatic rings. The average molecular weight is 223 g/mol. The third kappa shape index (κ3) is 2.42. The van der Waals surface area contributed by atoms with Gasteiger partial charge >= 0.3 is 0 Å². The highest BCUT2D eigenvalue weighted by molar-refractivity contribution is 9.09. The van der Waals surface area contributed by atoms with Crippen LogP contribution in [0.25, 0.3) is 0 Å². The lowest BCUT2D eigenvalue weighted by atomic mass is 9.99. The topological polar surface area (TPSA) is 18.5 Å². The van der Waals surface area contributed by atoms with E-state index in [1.54, 1.807) is 7.11 Å². The largest absolute Gasteiger partial charge is 0.385 e. The number of rotatable bonds is 3. The first-order valence-corrected chi connectivity index (χ1v) is 4.92. The number of hydrogen-bond donors (Lipinski definition) is 0. The second-order valence-electron chi connectivity index (χ2n) is 3.00. The third-order valence-electron chi connectivity index (χ3n) is 2.24. The highest BCUT2D eigenvalue weighted by Crippen LogP contribution is 2.29. The van der Waals surface area contributed by atoms with Crippen molar-refractivity contribution in [3.05, 3.63) is 0 Å². The van der Waals surface area contributed by atoms with Crippen molar-refractivity contribution in [3.63, 3.8) is 0 Å². The van der Waals surface area contributed by atoms with E-state index in [2.05, 4.69) is 22.9 Å². The standard InChI is InChI=1S/C8H15BrO2/c1-6-7(3-4-10-2)8(9)5-11-6/h6-8H,3-5H2,1-2H3. The van der Waals surface area contributed by atoms with E-state index in [1.807, 2.05) is 0 Å². The van der Waals surface area contributed by atoms with Gasteiger partial charge < -0.3 is 9.47 Å². The van der Waals surface area contributed by atoms with E-state index in [1.165, 1.54) is 0 Å². The normalized spacial score (nSPS) is 37.9. The summed E-state index contributed by atoms with van der Waals surface area (Å²) in [5.41, 5.74) is 0. The zero-order valence-electron chi connectivity index (χ0n) is 7.05. The van der Waals surface area contributed by atoms with Crippen molar-refractivity contribution in [2.45, 2.75) is 24.3 Å². The van der Waals surface area contributed by atoms with Crippen molar-refractivity contribution in [1.29, 1.82) is 0 Å². The summed E-state index contributed by atoms with van der Waals surface area (Å²) < 4.78 is 10.5. The molecule has 3 unspecified atom stereocenters. The van der Waals surface area contributed by atoms with Crippen LogP contribution in [0.1, 0.15) is 13.3 Å². The summed E-state index contributed by atoms with van der Waals surface area (Å²) >= 11 is 3.59. The Hall–Kier alpha value is 0.400. The molecule has 2 nitrogen and oxygen atoms in total. The van der Waals surface area contributed by atoms with Crippen molar-refractivity contribution in [1.82, 2.24) is 0 Å². The third-order valence-corrected chi connectivity index (χ3v) is 3.18. The monoisotopic (exact) mass is 222 g/mol. The van der Waals surface area contributed by atoms with E-state index in [-0.39, 0.29) is 0 Å². The lowest BCUT2D eigenvalue weighted by Crippen LogP contribution is -2.19. The molecule has 1 heterocycles. The van der Waals surface area contributed by atoms with Gasteiger partial charge in [-0.1, -0.05) is 15.9 Å². The molecule has 66 valence electrons. The van der Waals surface area contributed by atoms with Gasteiger partial charge in [-0.15, -0.1) is 0 Å². The zero-order valence-corrected chi connectivity index (χ0v) is 8.63. The van der Waals surface area contributed by atoms with E-state index >= 15 is 0 Å². The van der Waals surface area contributed by atoms with Gasteiger partial charge in [0.25, 0.3) is 0 Å². The van der Waals surface area contributed by atoms with Crippen LogP contribution >= 0.6 is 15.9 Å². The number of ether oxygens (including phenoxy) is 2. The van der Waals surface area contributed by atoms with E-state index in [0.717, 1.165) is 19.6 Å². The molecule has 1 fully saturated rings. The number of halogens is 1. The highest BCUT2D eigenvalue weighted by atomic mass is 79.9. The van der Waals surface area contributed by atoms with Crippen molar-refractivity contribution >= 4 is 15.9 Å². The molecule has 3 heteroatoms. The molecule has 0 aromatic heterocycles. The quantitative estimate of drug-likeness (QED) is 0.679. The number of methoxy groups -OCH3 is 1. The molecule has 0 saturated carbocycles. The van der Waals surface area contributed by atoms with Crippen LogP contribution < -0.4 is 0 Å². The Morgan fingerprint density at radius 1 is 1.64 bits per heavy atom. The first-order valence-electron chi connectivity index (χ1n) is 4.00. The lowest BCUT2D eigenvalue weighted by molar-refractivity contribution is 0.0925. The molecule has 1 aliphatic heterocycles. The summed E-state index contributed by atoms with van der Waals surface area (Å²) in [4.78, 5) is 0.521. The Labute approximate surface area is 76.4 Å². The summed E-state index contributed by atoms with van der Waals surface area (Å²) in [7, 11) is 1.74. The Kier molecular flexibility index (Phi) is 3.82. The van der Waals surface area contributed by atoms with E-state index in [0.29, 0.717) is 16.8 Å². The van der Waals surface area contributed by atoms with Crippen molar-refractivity contribution < 1.29 is 9.47 Å². The zero-order chi connectivity index (χ0) is 8.27. The maximum Gasteiger partial charge on any atom is 0.0598 e. The van der Waals surface area contributed by atoms with Crippen LogP contribution in [0, 0.1) is 5.92 Å². The van der Waals surface area contributed by atoms with Crippen LogP contribution in [0.4, 0.5) is 0 Å². The predicted octanol–water partition coefficient (Wildman–Crippen LogP) is 1.82. The number of alkyl halides is 1. The minimum absolute atomic E-state index is 0.384. The fourth-order valence-corrected chi connectivity index (χ4v) is 2.30. The molecule has 0 amide bonds. The van der Waals surface area contributed by atoms with Crippen LogP contribution in [0.2, 0.25) is 0 Å². The summed E-state index contributed by atoms with van der Waals surface area (Å²) in [6.07, 6.45) is 1.47. The second kappa shape index (κ2) is 4.43. The van der Waals surface area contributed by atoms with Crippen molar-refractivity contribution in [2.24, 2.45) is 5.92 Å².